The third-order valence-electron chi connectivity index (χ3n) is 20.1. The largest absolute Gasteiger partial charge is 0.394 e. The minimum atomic E-state index is -2.07. The Morgan fingerprint density at radius 3 is 1.52 bits per heavy atom. The van der Waals surface area contributed by atoms with Crippen LogP contribution in [-0.2, 0) is 76.7 Å². The first kappa shape index (κ1) is 90.0. The van der Waals surface area contributed by atoms with Crippen molar-refractivity contribution < 1.29 is 86.9 Å². The zero-order valence-electron chi connectivity index (χ0n) is 63.6. The van der Waals surface area contributed by atoms with Gasteiger partial charge in [-0.1, -0.05) is 103 Å². The molecule has 0 aromatic rings. The van der Waals surface area contributed by atoms with E-state index in [2.05, 4.69) is 69.1 Å². The van der Waals surface area contributed by atoms with Crippen LogP contribution in [0.25, 0.3) is 0 Å². The number of aliphatic hydroxyl groups is 2. The summed E-state index contributed by atoms with van der Waals surface area (Å²) in [6.07, 6.45) is 1.41. The van der Waals surface area contributed by atoms with Crippen LogP contribution < -0.4 is 86.3 Å². The molecule has 0 unspecified atom stereocenters. The van der Waals surface area contributed by atoms with Crippen molar-refractivity contribution in [3.63, 3.8) is 0 Å². The van der Waals surface area contributed by atoms with E-state index in [1.165, 1.54) is 30.6 Å². The van der Waals surface area contributed by atoms with Gasteiger partial charge < -0.3 is 111 Å². The Morgan fingerprint density at radius 2 is 1.00 bits per heavy atom. The number of carbonyl (C=O) groups is 16. The molecule has 5 fully saturated rings. The Kier molecular flexibility index (Phi) is 33.9. The van der Waals surface area contributed by atoms with E-state index in [1.807, 2.05) is 0 Å². The fourth-order valence-corrected chi connectivity index (χ4v) is 15.7. The van der Waals surface area contributed by atoms with E-state index in [-0.39, 0.29) is 90.4 Å². The molecule has 0 spiro atoms. The van der Waals surface area contributed by atoms with Gasteiger partial charge in [-0.05, 0) is 102 Å². The van der Waals surface area contributed by atoms with Crippen molar-refractivity contribution in [3.8, 4) is 0 Å². The van der Waals surface area contributed by atoms with Gasteiger partial charge in [0, 0.05) is 32.7 Å². The summed E-state index contributed by atoms with van der Waals surface area (Å²) in [6, 6.07) is -22.1. The highest BCUT2D eigenvalue weighted by Gasteiger charge is 2.49. The average molecular weight is 1560 g/mol. The molecule has 5 aliphatic heterocycles. The minimum Gasteiger partial charge on any atom is -0.394 e. The molecule has 5 rings (SSSR count). The summed E-state index contributed by atoms with van der Waals surface area (Å²) in [5.41, 5.74) is 16.6. The standard InChI is InChI=1S/C68H114N20O18S2/c1-13-32(4)44-58(100)84-48-60(102)82-46(34(6)15-3)65(106)87-26-18-22-42(87)56(98)83-47(49(70)91)57(99)74-29-36(69)51(93)75-35(7)50(92)80-45(33(5)14-2)59(101)85-62(107-108-68(48,11)12)61(103)79-40(31-90)53(95)76-37(20-16-24-73-66(71)72)52(94)78-39(30-89)54(96)77-38(28-67(8,9)10)63(104)88-27-19-23-43(88)64(105)86-25-17-21-41(86)55(97)81-44/h32-48,62,89-90H,13-31,69H2,1-12H3,(H2,70,91)(H,74,99)(H,75,93)(H,76,95)(H,77,96)(H,78,94)(H,79,103)(H,80,92)(H,81,97)(H,82,102)(H,83,98)(H,84,100)(H,85,101)(H4,71,72,73)/t32-,33-,34-,35-,36-,37-,38-,39-,40-,41-,42-,43-,44-,45-,46-,47+,48+,62-/m0/s1. The first-order chi connectivity index (χ1) is 50.6. The highest BCUT2D eigenvalue weighted by Crippen LogP contribution is 2.41. The number of hydrogen-bond acceptors (Lipinski definition) is 22. The zero-order valence-corrected chi connectivity index (χ0v) is 65.3. The number of aliphatic hydroxyl groups excluding tert-OH is 2. The first-order valence-corrected chi connectivity index (χ1v) is 39.1. The van der Waals surface area contributed by atoms with Gasteiger partial charge in [0.1, 0.15) is 78.5 Å². The van der Waals surface area contributed by atoms with Gasteiger partial charge in [-0.15, -0.1) is 0 Å². The Hall–Kier alpha value is -8.63. The monoisotopic (exact) mass is 1560 g/mol. The summed E-state index contributed by atoms with van der Waals surface area (Å²) in [7, 11) is 1.23. The van der Waals surface area contributed by atoms with Crippen LogP contribution in [0.4, 0.5) is 0 Å². The number of nitrogens with one attached hydrogen (secondary N) is 14. The molecule has 0 aromatic heterocycles. The predicted molar refractivity (Wildman–Crippen MR) is 396 cm³/mol. The Bertz CT molecular complexity index is 3330. The van der Waals surface area contributed by atoms with Crippen LogP contribution in [0.5, 0.6) is 0 Å². The van der Waals surface area contributed by atoms with Crippen molar-refractivity contribution in [1.82, 2.24) is 83.8 Å². The molecule has 108 heavy (non-hydrogen) atoms. The molecule has 18 atom stereocenters. The van der Waals surface area contributed by atoms with Gasteiger partial charge in [0.2, 0.25) is 82.7 Å². The molecule has 0 radical (unpaired) electrons. The maximum absolute atomic E-state index is 15.7. The topological polar surface area (TPSA) is 582 Å². The number of guanidine groups is 1. The summed E-state index contributed by atoms with van der Waals surface area (Å²) in [6.45, 7) is 16.5. The minimum absolute atomic E-state index is 0.00686. The molecule has 5 saturated heterocycles. The molecule has 0 saturated carbocycles. The molecule has 0 aromatic carbocycles. The molecule has 2 bridgehead atoms. The van der Waals surface area contributed by atoms with Gasteiger partial charge in [-0.2, -0.15) is 0 Å². The molecular formula is C68H114N20O18S2. The lowest BCUT2D eigenvalue weighted by molar-refractivity contribution is -0.148. The Balaban J connectivity index is 1.76. The number of amides is 16. The first-order valence-electron chi connectivity index (χ1n) is 36.9. The Labute approximate surface area is 636 Å². The van der Waals surface area contributed by atoms with Gasteiger partial charge in [0.05, 0.1) is 18.0 Å². The molecule has 38 nitrogen and oxygen atoms in total. The van der Waals surface area contributed by atoms with Gasteiger partial charge >= 0.3 is 0 Å². The van der Waals surface area contributed by atoms with E-state index in [1.54, 1.807) is 62.3 Å². The second-order valence-electron chi connectivity index (χ2n) is 30.1. The van der Waals surface area contributed by atoms with Crippen LogP contribution in [-0.4, -0.2) is 266 Å². The number of fused-ring (bicyclic) bond motifs is 7. The third kappa shape index (κ3) is 24.4. The van der Waals surface area contributed by atoms with Gasteiger partial charge in [0.15, 0.2) is 17.4 Å². The number of carbonyl (C=O) groups excluding carboxylic acids is 16. The summed E-state index contributed by atoms with van der Waals surface area (Å²) in [5.74, 6) is -18.8. The van der Waals surface area contributed by atoms with E-state index in [4.69, 9.17) is 22.6 Å². The zero-order chi connectivity index (χ0) is 81.0. The molecular weight excluding hydrogens is 1450 g/mol. The molecule has 606 valence electrons. The van der Waals surface area contributed by atoms with Crippen molar-refractivity contribution in [2.45, 2.75) is 255 Å². The van der Waals surface area contributed by atoms with Crippen LogP contribution >= 0.6 is 21.6 Å². The highest BCUT2D eigenvalue weighted by molar-refractivity contribution is 8.77. The van der Waals surface area contributed by atoms with Crippen molar-refractivity contribution in [2.24, 2.45) is 40.4 Å². The van der Waals surface area contributed by atoms with Crippen LogP contribution in [0, 0.1) is 28.6 Å². The summed E-state index contributed by atoms with van der Waals surface area (Å²) in [4.78, 5) is 237. The van der Waals surface area contributed by atoms with Crippen LogP contribution in [0.15, 0.2) is 0 Å². The lowest BCUT2D eigenvalue weighted by Gasteiger charge is -2.38. The second-order valence-corrected chi connectivity index (χ2v) is 33.0. The predicted octanol–water partition coefficient (Wildman–Crippen LogP) is -5.79. The summed E-state index contributed by atoms with van der Waals surface area (Å²) in [5, 5.41) is 60.5. The molecule has 0 aliphatic carbocycles. The fourth-order valence-electron chi connectivity index (χ4n) is 13.0. The lowest BCUT2D eigenvalue weighted by atomic mass is 9.87. The highest BCUT2D eigenvalue weighted by atomic mass is 33.1. The number of nitrogens with two attached hydrogens (primary N) is 3. The summed E-state index contributed by atoms with van der Waals surface area (Å²) >= 11 is 0. The van der Waals surface area contributed by atoms with E-state index in [0.717, 1.165) is 4.90 Å². The fraction of sp³-hybridized carbons (Fsp3) is 0.750. The van der Waals surface area contributed by atoms with Crippen molar-refractivity contribution in [3.05, 3.63) is 0 Å². The van der Waals surface area contributed by atoms with E-state index in [9.17, 15) is 63.0 Å². The smallest absolute Gasteiger partial charge is 0.254 e. The van der Waals surface area contributed by atoms with Crippen molar-refractivity contribution >= 4 is 122 Å². The normalized spacial score (nSPS) is 30.5. The second kappa shape index (κ2) is 40.7. The number of primary amides is 1. The number of nitrogens with zero attached hydrogens (tertiary/aromatic N) is 3. The molecule has 5 heterocycles. The maximum atomic E-state index is 15.7. The molecule has 40 heteroatoms. The molecule has 22 N–H and O–H groups in total. The van der Waals surface area contributed by atoms with E-state index in [0.29, 0.717) is 34.4 Å². The van der Waals surface area contributed by atoms with Crippen LogP contribution in [0.1, 0.15) is 160 Å². The number of rotatable bonds is 14. The third-order valence-corrected chi connectivity index (χ3v) is 23.5. The van der Waals surface area contributed by atoms with Gasteiger partial charge in [-0.3, -0.25) is 82.1 Å². The van der Waals surface area contributed by atoms with Gasteiger partial charge in [0.25, 0.3) is 11.8 Å². The SMILES string of the molecule is CC[C@H](C)[C@@H]1NC(=O)[C@H](C)NC(=O)[C@@H](N)CNC(=O)[C@@H](C(N)=O)NC(=O)[C@@H]2CCCN2C(=O)[C@H]([C@@H](C)CC)NC(=O)[C@H]2NC(=O)[C@H]([C@@H](C)CC)NC(=O)[C@@H]3CCCN3C(=O)[C@@H]3CCCN3C(=O)[C@H](CC(C)(C)C)NC(=O)[C@H](CO)NC(=O)[C@H](CCCNC(=N)N)NC(=O)[C@H](CO)NC(=O)[C@@H](NC1=O)SSC2(C)C. The lowest BCUT2D eigenvalue weighted by Crippen LogP contribution is -2.65. The van der Waals surface area contributed by atoms with Crippen molar-refractivity contribution in [1.29, 1.82) is 5.41 Å². The molecule has 5 aliphatic rings. The van der Waals surface area contributed by atoms with Crippen LogP contribution in [0.2, 0.25) is 0 Å². The van der Waals surface area contributed by atoms with Crippen LogP contribution in [0.3, 0.4) is 0 Å². The summed E-state index contributed by atoms with van der Waals surface area (Å²) < 4.78 is -1.77. The molecule has 16 amide bonds. The average Bonchev–Trinajstić information content (AvgIpc) is 1.51. The number of hydrogen-bond donors (Lipinski definition) is 19. The Morgan fingerprint density at radius 1 is 0.546 bits per heavy atom. The quantitative estimate of drug-likeness (QED) is 0.0253. The van der Waals surface area contributed by atoms with Crippen molar-refractivity contribution in [2.75, 3.05) is 45.9 Å². The van der Waals surface area contributed by atoms with E-state index >= 15 is 24.0 Å². The van der Waals surface area contributed by atoms with E-state index < -0.39 is 238 Å². The van der Waals surface area contributed by atoms with Gasteiger partial charge in [-0.25, -0.2) is 0 Å². The maximum Gasteiger partial charge on any atom is 0.254 e.